The third-order valence-electron chi connectivity index (χ3n) is 4.56. The van der Waals surface area contributed by atoms with Crippen LogP contribution in [0.2, 0.25) is 0 Å². The molecule has 0 aliphatic heterocycles. The summed E-state index contributed by atoms with van der Waals surface area (Å²) in [5.74, 6) is -1.85. The Morgan fingerprint density at radius 3 is 2.63 bits per heavy atom. The third kappa shape index (κ3) is 4.56. The van der Waals surface area contributed by atoms with Crippen molar-refractivity contribution in [3.8, 4) is 6.07 Å². The van der Waals surface area contributed by atoms with E-state index < -0.39 is 29.3 Å². The minimum Gasteiger partial charge on any atom is -0.452 e. The monoisotopic (exact) mass is 373 g/mol. The number of aromatic nitrogens is 1. The second-order valence-electron chi connectivity index (χ2n) is 6.83. The minimum atomic E-state index is -1.05. The second-order valence-corrected chi connectivity index (χ2v) is 6.83. The molecule has 1 heterocycles. The van der Waals surface area contributed by atoms with Crippen LogP contribution in [-0.4, -0.2) is 28.1 Å². The summed E-state index contributed by atoms with van der Waals surface area (Å²) in [5, 5.41) is 11.9. The molecule has 0 bridgehead atoms. The number of carbonyl (C=O) groups excluding carboxylic acids is 2. The normalized spacial score (nSPS) is 14.4. The zero-order valence-electron chi connectivity index (χ0n) is 15.8. The molecule has 2 atom stereocenters. The molecular formula is C19H23N3O5. The van der Waals surface area contributed by atoms with Gasteiger partial charge in [-0.2, -0.15) is 5.26 Å². The van der Waals surface area contributed by atoms with Crippen molar-refractivity contribution < 1.29 is 18.7 Å². The quantitative estimate of drug-likeness (QED) is 0.742. The predicted molar refractivity (Wildman–Crippen MR) is 97.6 cm³/mol. The van der Waals surface area contributed by atoms with Crippen LogP contribution in [0.4, 0.5) is 0 Å². The topological polar surface area (TPSA) is 114 Å². The number of para-hydroxylation sites is 2. The van der Waals surface area contributed by atoms with Crippen LogP contribution in [0.1, 0.15) is 34.1 Å². The SMILES string of the molecule is CC(OC(=O)CCn1c(=O)oc2ccccc21)C(=O)NC(C)(C#N)C(C)C. The lowest BCUT2D eigenvalue weighted by molar-refractivity contribution is -0.155. The molecule has 0 spiro atoms. The van der Waals surface area contributed by atoms with Gasteiger partial charge in [-0.15, -0.1) is 0 Å². The third-order valence-corrected chi connectivity index (χ3v) is 4.56. The van der Waals surface area contributed by atoms with Gasteiger partial charge >= 0.3 is 11.7 Å². The van der Waals surface area contributed by atoms with Crippen LogP contribution in [-0.2, 0) is 20.9 Å². The van der Waals surface area contributed by atoms with E-state index in [1.165, 1.54) is 11.5 Å². The highest BCUT2D eigenvalue weighted by atomic mass is 16.5. The predicted octanol–water partition coefficient (Wildman–Crippen LogP) is 1.97. The Bertz CT molecular complexity index is 937. The van der Waals surface area contributed by atoms with Crippen molar-refractivity contribution in [1.82, 2.24) is 9.88 Å². The average molecular weight is 373 g/mol. The van der Waals surface area contributed by atoms with Crippen LogP contribution < -0.4 is 11.1 Å². The Kier molecular flexibility index (Phi) is 6.05. The lowest BCUT2D eigenvalue weighted by Crippen LogP contribution is -2.52. The van der Waals surface area contributed by atoms with E-state index in [-0.39, 0.29) is 18.9 Å². The number of amides is 1. The van der Waals surface area contributed by atoms with Crippen LogP contribution >= 0.6 is 0 Å². The molecule has 144 valence electrons. The smallest absolute Gasteiger partial charge is 0.419 e. The fraction of sp³-hybridized carbons (Fsp3) is 0.474. The molecule has 0 saturated heterocycles. The van der Waals surface area contributed by atoms with Crippen LogP contribution in [0.3, 0.4) is 0 Å². The summed E-state index contributed by atoms with van der Waals surface area (Å²) < 4.78 is 11.6. The Labute approximate surface area is 156 Å². The van der Waals surface area contributed by atoms with E-state index >= 15 is 0 Å². The number of hydrogen-bond acceptors (Lipinski definition) is 6. The number of oxazole rings is 1. The van der Waals surface area contributed by atoms with Gasteiger partial charge in [0.1, 0.15) is 5.54 Å². The molecule has 1 N–H and O–H groups in total. The molecule has 0 radical (unpaired) electrons. The number of hydrogen-bond donors (Lipinski definition) is 1. The summed E-state index contributed by atoms with van der Waals surface area (Å²) in [4.78, 5) is 36.2. The van der Waals surface area contributed by atoms with E-state index in [0.29, 0.717) is 11.1 Å². The summed E-state index contributed by atoms with van der Waals surface area (Å²) >= 11 is 0. The number of nitriles is 1. The molecule has 2 rings (SSSR count). The Hall–Kier alpha value is -3.08. The first-order chi connectivity index (χ1) is 12.7. The van der Waals surface area contributed by atoms with Crippen LogP contribution in [0, 0.1) is 17.2 Å². The highest BCUT2D eigenvalue weighted by Gasteiger charge is 2.32. The number of nitrogens with zero attached hydrogens (tertiary/aromatic N) is 2. The number of esters is 1. The van der Waals surface area contributed by atoms with Gasteiger partial charge in [-0.25, -0.2) is 4.79 Å². The summed E-state index contributed by atoms with van der Waals surface area (Å²) in [6.45, 7) is 6.75. The Morgan fingerprint density at radius 1 is 1.33 bits per heavy atom. The summed E-state index contributed by atoms with van der Waals surface area (Å²) in [6.07, 6.45) is -1.15. The van der Waals surface area contributed by atoms with Gasteiger partial charge in [0.15, 0.2) is 11.7 Å². The zero-order valence-corrected chi connectivity index (χ0v) is 15.8. The standard InChI is InChI=1S/C19H23N3O5/c1-12(2)19(4,11-20)21-17(24)13(3)26-16(23)9-10-22-14-7-5-6-8-15(14)27-18(22)25/h5-8,12-13H,9-10H2,1-4H3,(H,21,24). The van der Waals surface area contributed by atoms with Crippen molar-refractivity contribution in [3.05, 3.63) is 34.8 Å². The zero-order chi connectivity index (χ0) is 20.2. The molecular weight excluding hydrogens is 350 g/mol. The molecule has 2 unspecified atom stereocenters. The van der Waals surface area contributed by atoms with Gasteiger partial charge in [0, 0.05) is 6.54 Å². The van der Waals surface area contributed by atoms with Gasteiger partial charge in [-0.3, -0.25) is 14.2 Å². The average Bonchev–Trinajstić information content (AvgIpc) is 2.94. The number of fused-ring (bicyclic) bond motifs is 1. The maximum Gasteiger partial charge on any atom is 0.419 e. The first-order valence-corrected chi connectivity index (χ1v) is 8.69. The van der Waals surface area contributed by atoms with E-state index in [4.69, 9.17) is 9.15 Å². The number of benzene rings is 1. The molecule has 8 heteroatoms. The van der Waals surface area contributed by atoms with Crippen molar-refractivity contribution in [1.29, 1.82) is 5.26 Å². The summed E-state index contributed by atoms with van der Waals surface area (Å²) in [6, 6.07) is 8.96. The molecule has 1 aromatic heterocycles. The highest BCUT2D eigenvalue weighted by molar-refractivity contribution is 5.84. The molecule has 27 heavy (non-hydrogen) atoms. The first kappa shape index (κ1) is 20.2. The van der Waals surface area contributed by atoms with Crippen molar-refractivity contribution in [2.24, 2.45) is 5.92 Å². The van der Waals surface area contributed by atoms with Crippen molar-refractivity contribution in [3.63, 3.8) is 0 Å². The van der Waals surface area contributed by atoms with Gasteiger partial charge in [0.05, 0.1) is 18.0 Å². The summed E-state index contributed by atoms with van der Waals surface area (Å²) in [5.41, 5.74) is -0.0308. The van der Waals surface area contributed by atoms with Crippen molar-refractivity contribution >= 4 is 23.0 Å². The molecule has 0 aliphatic rings. The van der Waals surface area contributed by atoms with E-state index in [1.54, 1.807) is 31.2 Å². The van der Waals surface area contributed by atoms with Crippen LogP contribution in [0.15, 0.2) is 33.5 Å². The first-order valence-electron chi connectivity index (χ1n) is 8.69. The molecule has 0 fully saturated rings. The van der Waals surface area contributed by atoms with Gasteiger partial charge in [-0.05, 0) is 31.9 Å². The van der Waals surface area contributed by atoms with E-state index in [1.807, 2.05) is 13.8 Å². The molecule has 0 saturated carbocycles. The maximum atomic E-state index is 12.2. The molecule has 1 amide bonds. The van der Waals surface area contributed by atoms with Crippen molar-refractivity contribution in [2.45, 2.75) is 52.3 Å². The van der Waals surface area contributed by atoms with Gasteiger partial charge < -0.3 is 14.5 Å². The number of rotatable bonds is 7. The van der Waals surface area contributed by atoms with E-state index in [9.17, 15) is 19.6 Å². The maximum absolute atomic E-state index is 12.2. The van der Waals surface area contributed by atoms with E-state index in [2.05, 4.69) is 11.4 Å². The van der Waals surface area contributed by atoms with Crippen LogP contribution in [0.5, 0.6) is 0 Å². The number of ether oxygens (including phenoxy) is 1. The minimum absolute atomic E-state index is 0.0743. The van der Waals surface area contributed by atoms with Crippen molar-refractivity contribution in [2.75, 3.05) is 0 Å². The molecule has 8 nitrogen and oxygen atoms in total. The van der Waals surface area contributed by atoms with Gasteiger partial charge in [-0.1, -0.05) is 26.0 Å². The van der Waals surface area contributed by atoms with E-state index in [0.717, 1.165) is 0 Å². The molecule has 1 aromatic carbocycles. The Morgan fingerprint density at radius 2 is 2.00 bits per heavy atom. The number of aryl methyl sites for hydroxylation is 1. The largest absolute Gasteiger partial charge is 0.452 e. The fourth-order valence-corrected chi connectivity index (χ4v) is 2.40. The van der Waals surface area contributed by atoms with Gasteiger partial charge in [0.25, 0.3) is 5.91 Å². The lowest BCUT2D eigenvalue weighted by atomic mass is 9.90. The molecule has 0 aliphatic carbocycles. The number of carbonyl (C=O) groups is 2. The van der Waals surface area contributed by atoms with Crippen LogP contribution in [0.25, 0.3) is 11.1 Å². The fourth-order valence-electron chi connectivity index (χ4n) is 2.40. The number of nitrogens with one attached hydrogen (secondary N) is 1. The highest BCUT2D eigenvalue weighted by Crippen LogP contribution is 2.16. The van der Waals surface area contributed by atoms with Gasteiger partial charge in [0.2, 0.25) is 0 Å². The Balaban J connectivity index is 1.95. The molecule has 2 aromatic rings. The lowest BCUT2D eigenvalue weighted by Gasteiger charge is -2.28. The second kappa shape index (κ2) is 8.08. The summed E-state index contributed by atoms with van der Waals surface area (Å²) in [7, 11) is 0.